The number of rotatable bonds is 6. The van der Waals surface area contributed by atoms with Gasteiger partial charge in [-0.25, -0.2) is 13.1 Å². The molecule has 7 nitrogen and oxygen atoms in total. The fourth-order valence-corrected chi connectivity index (χ4v) is 4.98. The van der Waals surface area contributed by atoms with Crippen molar-refractivity contribution >= 4 is 15.9 Å². The van der Waals surface area contributed by atoms with Crippen LogP contribution in [0.15, 0.2) is 47.4 Å². The van der Waals surface area contributed by atoms with Crippen LogP contribution in [0.5, 0.6) is 11.5 Å². The molecule has 1 aliphatic carbocycles. The minimum atomic E-state index is -3.52. The monoisotopic (exact) mass is 430 g/mol. The molecule has 160 valence electrons. The van der Waals surface area contributed by atoms with Gasteiger partial charge in [0.1, 0.15) is 13.2 Å². The van der Waals surface area contributed by atoms with E-state index in [9.17, 15) is 13.2 Å². The smallest absolute Gasteiger partial charge is 0.251 e. The normalized spacial score (nSPS) is 17.5. The van der Waals surface area contributed by atoms with Crippen molar-refractivity contribution < 1.29 is 22.7 Å². The summed E-state index contributed by atoms with van der Waals surface area (Å²) in [6, 6.07) is 12.0. The van der Waals surface area contributed by atoms with E-state index in [1.54, 1.807) is 0 Å². The number of amides is 1. The largest absolute Gasteiger partial charge is 0.486 e. The molecule has 4 rings (SSSR count). The number of fused-ring (bicyclic) bond motifs is 1. The maximum absolute atomic E-state index is 12.7. The minimum absolute atomic E-state index is 0.130. The van der Waals surface area contributed by atoms with Gasteiger partial charge in [-0.05, 0) is 61.9 Å². The zero-order chi connectivity index (χ0) is 21.2. The molecule has 2 aliphatic rings. The molecular formula is C22H26N2O5S. The Hall–Kier alpha value is -2.58. The van der Waals surface area contributed by atoms with Crippen molar-refractivity contribution in [1.82, 2.24) is 10.0 Å². The maximum atomic E-state index is 12.7. The van der Waals surface area contributed by atoms with Crippen molar-refractivity contribution in [3.8, 4) is 11.5 Å². The first kappa shape index (κ1) is 20.7. The number of hydrogen-bond donors (Lipinski definition) is 2. The number of ether oxygens (including phenoxy) is 2. The number of sulfonamides is 1. The van der Waals surface area contributed by atoms with Gasteiger partial charge in [0.25, 0.3) is 5.91 Å². The standard InChI is InChI=1S/C22H26N2O5S/c1-23-30(26,27)18-7-4-16(5-8-18)21(25)24-15-22(10-2-3-11-22)17-6-9-19-20(14-17)29-13-12-28-19/h4-9,14,23H,2-3,10-13,15H2,1H3,(H,24,25). The second kappa shape index (κ2) is 8.28. The van der Waals surface area contributed by atoms with Gasteiger partial charge in [0.05, 0.1) is 4.90 Å². The third-order valence-corrected chi connectivity index (χ3v) is 7.43. The van der Waals surface area contributed by atoms with E-state index < -0.39 is 10.0 Å². The van der Waals surface area contributed by atoms with Crippen molar-refractivity contribution in [2.75, 3.05) is 26.8 Å². The summed E-state index contributed by atoms with van der Waals surface area (Å²) in [5.74, 6) is 1.31. The first-order chi connectivity index (χ1) is 14.4. The van der Waals surface area contributed by atoms with Crippen LogP contribution in [0.2, 0.25) is 0 Å². The van der Waals surface area contributed by atoms with Gasteiger partial charge in [0.2, 0.25) is 10.0 Å². The van der Waals surface area contributed by atoms with Crippen LogP contribution in [-0.2, 0) is 15.4 Å². The number of carbonyl (C=O) groups excluding carboxylic acids is 1. The van der Waals surface area contributed by atoms with Gasteiger partial charge in [-0.2, -0.15) is 0 Å². The van der Waals surface area contributed by atoms with Crippen molar-refractivity contribution in [2.45, 2.75) is 36.0 Å². The molecule has 2 N–H and O–H groups in total. The molecule has 0 saturated heterocycles. The lowest BCUT2D eigenvalue weighted by atomic mass is 9.78. The Labute approximate surface area is 176 Å². The van der Waals surface area contributed by atoms with Crippen LogP contribution < -0.4 is 19.5 Å². The molecule has 0 bridgehead atoms. The predicted molar refractivity (Wildman–Crippen MR) is 113 cm³/mol. The van der Waals surface area contributed by atoms with Gasteiger partial charge in [-0.1, -0.05) is 18.9 Å². The first-order valence-corrected chi connectivity index (χ1v) is 11.6. The summed E-state index contributed by atoms with van der Waals surface area (Å²) < 4.78 is 37.3. The molecule has 2 aromatic rings. The van der Waals surface area contributed by atoms with Crippen molar-refractivity contribution in [2.24, 2.45) is 0 Å². The zero-order valence-electron chi connectivity index (χ0n) is 16.9. The predicted octanol–water partition coefficient (Wildman–Crippen LogP) is 2.61. The quantitative estimate of drug-likeness (QED) is 0.735. The van der Waals surface area contributed by atoms with E-state index in [4.69, 9.17) is 9.47 Å². The molecule has 8 heteroatoms. The molecule has 1 saturated carbocycles. The molecule has 1 aliphatic heterocycles. The van der Waals surface area contributed by atoms with E-state index >= 15 is 0 Å². The van der Waals surface area contributed by atoms with Crippen LogP contribution in [0.25, 0.3) is 0 Å². The van der Waals surface area contributed by atoms with Crippen molar-refractivity contribution in [3.05, 3.63) is 53.6 Å². The van der Waals surface area contributed by atoms with Crippen molar-refractivity contribution in [1.29, 1.82) is 0 Å². The Morgan fingerprint density at radius 2 is 1.67 bits per heavy atom. The lowest BCUT2D eigenvalue weighted by Crippen LogP contribution is -2.39. The van der Waals surface area contributed by atoms with Crippen LogP contribution in [0.3, 0.4) is 0 Å². The molecule has 30 heavy (non-hydrogen) atoms. The summed E-state index contributed by atoms with van der Waals surface area (Å²) >= 11 is 0. The molecule has 0 radical (unpaired) electrons. The second-order valence-corrected chi connectivity index (χ2v) is 9.65. The Kier molecular flexibility index (Phi) is 5.71. The van der Waals surface area contributed by atoms with Crippen LogP contribution in [0.4, 0.5) is 0 Å². The molecule has 0 unspecified atom stereocenters. The topological polar surface area (TPSA) is 93.7 Å². The average Bonchev–Trinajstić information content (AvgIpc) is 3.27. The fourth-order valence-electron chi connectivity index (χ4n) is 4.25. The number of carbonyl (C=O) groups is 1. The van der Waals surface area contributed by atoms with Gasteiger partial charge >= 0.3 is 0 Å². The van der Waals surface area contributed by atoms with Crippen LogP contribution in [-0.4, -0.2) is 41.1 Å². The summed E-state index contributed by atoms with van der Waals surface area (Å²) in [6.45, 7) is 1.61. The molecule has 0 spiro atoms. The zero-order valence-corrected chi connectivity index (χ0v) is 17.8. The van der Waals surface area contributed by atoms with E-state index in [1.807, 2.05) is 12.1 Å². The number of nitrogens with one attached hydrogen (secondary N) is 2. The molecule has 2 aromatic carbocycles. The van der Waals surface area contributed by atoms with Crippen LogP contribution in [0, 0.1) is 0 Å². The Morgan fingerprint density at radius 3 is 2.33 bits per heavy atom. The highest BCUT2D eigenvalue weighted by molar-refractivity contribution is 7.89. The summed E-state index contributed by atoms with van der Waals surface area (Å²) in [7, 11) is -2.17. The summed E-state index contributed by atoms with van der Waals surface area (Å²) in [5.41, 5.74) is 1.45. The van der Waals surface area contributed by atoms with Gasteiger partial charge in [0, 0.05) is 17.5 Å². The van der Waals surface area contributed by atoms with E-state index in [0.29, 0.717) is 25.3 Å². The van der Waals surface area contributed by atoms with E-state index in [1.165, 1.54) is 31.3 Å². The van der Waals surface area contributed by atoms with Gasteiger partial charge in [-0.15, -0.1) is 0 Å². The van der Waals surface area contributed by atoms with E-state index in [2.05, 4.69) is 16.1 Å². The second-order valence-electron chi connectivity index (χ2n) is 7.76. The van der Waals surface area contributed by atoms with Gasteiger partial charge in [0.15, 0.2) is 11.5 Å². The van der Waals surface area contributed by atoms with E-state index in [-0.39, 0.29) is 16.2 Å². The molecule has 1 amide bonds. The van der Waals surface area contributed by atoms with E-state index in [0.717, 1.165) is 42.7 Å². The molecule has 0 aromatic heterocycles. The Morgan fingerprint density at radius 1 is 1.00 bits per heavy atom. The third kappa shape index (κ3) is 4.02. The third-order valence-electron chi connectivity index (χ3n) is 6.00. The van der Waals surface area contributed by atoms with Gasteiger partial charge in [-0.3, -0.25) is 4.79 Å². The average molecular weight is 431 g/mol. The minimum Gasteiger partial charge on any atom is -0.486 e. The lowest BCUT2D eigenvalue weighted by molar-refractivity contribution is 0.0943. The van der Waals surface area contributed by atoms with Crippen molar-refractivity contribution in [3.63, 3.8) is 0 Å². The lowest BCUT2D eigenvalue weighted by Gasteiger charge is -2.31. The molecule has 1 fully saturated rings. The number of hydrogen-bond acceptors (Lipinski definition) is 5. The fraction of sp³-hybridized carbons (Fsp3) is 0.409. The summed E-state index contributed by atoms with van der Waals surface area (Å²) in [6.07, 6.45) is 4.21. The maximum Gasteiger partial charge on any atom is 0.251 e. The molecular weight excluding hydrogens is 404 g/mol. The highest BCUT2D eigenvalue weighted by atomic mass is 32.2. The van der Waals surface area contributed by atoms with Gasteiger partial charge < -0.3 is 14.8 Å². The Balaban J connectivity index is 1.50. The highest BCUT2D eigenvalue weighted by Gasteiger charge is 2.37. The van der Waals surface area contributed by atoms with Crippen LogP contribution in [0.1, 0.15) is 41.6 Å². The summed E-state index contributed by atoms with van der Waals surface area (Å²) in [5, 5.41) is 3.06. The summed E-state index contributed by atoms with van der Waals surface area (Å²) in [4.78, 5) is 12.8. The highest BCUT2D eigenvalue weighted by Crippen LogP contribution is 2.43. The molecule has 0 atom stereocenters. The SMILES string of the molecule is CNS(=O)(=O)c1ccc(C(=O)NCC2(c3ccc4c(c3)OCCO4)CCCC2)cc1. The van der Waals surface area contributed by atoms with Crippen LogP contribution >= 0.6 is 0 Å². The first-order valence-electron chi connectivity index (χ1n) is 10.2. The Bertz CT molecular complexity index is 1030. The number of benzene rings is 2. The molecule has 1 heterocycles.